The fraction of sp³-hybridized carbons (Fsp3) is 0. The van der Waals surface area contributed by atoms with Crippen LogP contribution in [0.25, 0.3) is 49.8 Å². The lowest BCUT2D eigenvalue weighted by Gasteiger charge is -2.11. The summed E-state index contributed by atoms with van der Waals surface area (Å²) in [5.41, 5.74) is 6.61. The van der Waals surface area contributed by atoms with E-state index in [1.807, 2.05) is 77.6 Å². The number of imidazole rings is 1. The summed E-state index contributed by atoms with van der Waals surface area (Å²) in [6.45, 7) is 0. The minimum absolute atomic E-state index is 0.704. The monoisotopic (exact) mass is 394 g/mol. The number of furan rings is 1. The lowest BCUT2D eigenvalue weighted by molar-refractivity contribution is 0.669. The van der Waals surface area contributed by atoms with Crippen molar-refractivity contribution in [3.05, 3.63) is 96.3 Å². The molecular weight excluding hydrogens is 380 g/mol. The van der Waals surface area contributed by atoms with Crippen molar-refractivity contribution < 1.29 is 4.42 Å². The molecule has 3 nitrogen and oxygen atoms in total. The van der Waals surface area contributed by atoms with Gasteiger partial charge in [-0.25, -0.2) is 4.98 Å². The Balaban J connectivity index is 1.62. The molecule has 0 bridgehead atoms. The Labute approximate surface area is 171 Å². The SMILES string of the molecule is Clc1c(-c2ccccc2)cccc1-n1cnc2c3c(ccc21)oc1ccccc13. The predicted octanol–water partition coefficient (Wildman–Crippen LogP) is 7.25. The zero-order valence-electron chi connectivity index (χ0n) is 15.3. The van der Waals surface area contributed by atoms with Crippen LogP contribution in [0, 0.1) is 0 Å². The van der Waals surface area contributed by atoms with Crippen LogP contribution in [-0.4, -0.2) is 9.55 Å². The molecule has 4 aromatic carbocycles. The van der Waals surface area contributed by atoms with Crippen molar-refractivity contribution in [3.63, 3.8) is 0 Å². The van der Waals surface area contributed by atoms with E-state index >= 15 is 0 Å². The zero-order valence-corrected chi connectivity index (χ0v) is 16.1. The maximum atomic E-state index is 6.86. The van der Waals surface area contributed by atoms with E-state index in [-0.39, 0.29) is 0 Å². The second kappa shape index (κ2) is 6.23. The molecule has 0 aliphatic heterocycles. The van der Waals surface area contributed by atoms with E-state index in [1.165, 1.54) is 0 Å². The zero-order chi connectivity index (χ0) is 19.4. The molecule has 2 aromatic heterocycles. The van der Waals surface area contributed by atoms with Crippen LogP contribution in [0.1, 0.15) is 0 Å². The van der Waals surface area contributed by atoms with E-state index in [2.05, 4.69) is 18.2 Å². The van der Waals surface area contributed by atoms with Gasteiger partial charge < -0.3 is 4.42 Å². The number of para-hydroxylation sites is 1. The van der Waals surface area contributed by atoms with Crippen LogP contribution in [0.5, 0.6) is 0 Å². The lowest BCUT2D eigenvalue weighted by atomic mass is 10.0. The van der Waals surface area contributed by atoms with Gasteiger partial charge in [0.1, 0.15) is 23.0 Å². The number of fused-ring (bicyclic) bond motifs is 5. The summed E-state index contributed by atoms with van der Waals surface area (Å²) in [5, 5.41) is 2.81. The summed E-state index contributed by atoms with van der Waals surface area (Å²) in [7, 11) is 0. The molecule has 0 radical (unpaired) electrons. The van der Waals surface area contributed by atoms with Gasteiger partial charge in [-0.1, -0.05) is 72.3 Å². The molecule has 0 fully saturated rings. The molecule has 6 aromatic rings. The molecule has 0 amide bonds. The first kappa shape index (κ1) is 16.4. The second-order valence-corrected chi connectivity index (χ2v) is 7.40. The third-order valence-corrected chi connectivity index (χ3v) is 5.78. The molecule has 0 saturated heterocycles. The smallest absolute Gasteiger partial charge is 0.137 e. The average Bonchev–Trinajstić information content (AvgIpc) is 3.35. The molecule has 0 aliphatic rings. The van der Waals surface area contributed by atoms with Gasteiger partial charge in [0.2, 0.25) is 0 Å². The highest BCUT2D eigenvalue weighted by atomic mass is 35.5. The molecule has 4 heteroatoms. The number of hydrogen-bond donors (Lipinski definition) is 0. The number of nitrogens with zero attached hydrogens (tertiary/aromatic N) is 2. The molecule has 138 valence electrons. The van der Waals surface area contributed by atoms with Crippen molar-refractivity contribution >= 4 is 44.6 Å². The van der Waals surface area contributed by atoms with Crippen molar-refractivity contribution in [3.8, 4) is 16.8 Å². The summed E-state index contributed by atoms with van der Waals surface area (Å²) in [6, 6.07) is 28.4. The van der Waals surface area contributed by atoms with Gasteiger partial charge in [-0.3, -0.25) is 4.57 Å². The van der Waals surface area contributed by atoms with Gasteiger partial charge >= 0.3 is 0 Å². The fourth-order valence-corrected chi connectivity index (χ4v) is 4.36. The van der Waals surface area contributed by atoms with Crippen LogP contribution in [0.3, 0.4) is 0 Å². The number of hydrogen-bond acceptors (Lipinski definition) is 2. The molecule has 2 heterocycles. The van der Waals surface area contributed by atoms with Crippen LogP contribution in [-0.2, 0) is 0 Å². The van der Waals surface area contributed by atoms with Crippen LogP contribution < -0.4 is 0 Å². The van der Waals surface area contributed by atoms with E-state index < -0.39 is 0 Å². The van der Waals surface area contributed by atoms with Crippen LogP contribution in [0.4, 0.5) is 0 Å². The highest BCUT2D eigenvalue weighted by molar-refractivity contribution is 6.35. The summed E-state index contributed by atoms with van der Waals surface area (Å²) < 4.78 is 8.05. The first-order valence-corrected chi connectivity index (χ1v) is 9.81. The standard InChI is InChI=1S/C25H15ClN2O/c26-24-17(16-7-2-1-3-8-16)10-6-11-19(24)28-15-27-25-20(28)13-14-22-23(25)18-9-4-5-12-21(18)29-22/h1-15H. The molecule has 29 heavy (non-hydrogen) atoms. The Morgan fingerprint density at radius 1 is 0.759 bits per heavy atom. The van der Waals surface area contributed by atoms with Gasteiger partial charge in [0.25, 0.3) is 0 Å². The first-order chi connectivity index (χ1) is 14.3. The Morgan fingerprint density at radius 3 is 2.48 bits per heavy atom. The van der Waals surface area contributed by atoms with Crippen molar-refractivity contribution in [2.75, 3.05) is 0 Å². The van der Waals surface area contributed by atoms with Crippen molar-refractivity contribution in [1.82, 2.24) is 9.55 Å². The van der Waals surface area contributed by atoms with Gasteiger partial charge in [-0.15, -0.1) is 0 Å². The molecule has 6 rings (SSSR count). The second-order valence-electron chi connectivity index (χ2n) is 7.02. The number of rotatable bonds is 2. The number of aromatic nitrogens is 2. The normalized spacial score (nSPS) is 11.6. The van der Waals surface area contributed by atoms with Gasteiger partial charge in [0.15, 0.2) is 0 Å². The van der Waals surface area contributed by atoms with Gasteiger partial charge in [-0.05, 0) is 29.8 Å². The summed E-state index contributed by atoms with van der Waals surface area (Å²) in [4.78, 5) is 4.73. The Kier molecular flexibility index (Phi) is 3.52. The molecule has 0 unspecified atom stereocenters. The maximum Gasteiger partial charge on any atom is 0.137 e. The minimum atomic E-state index is 0.704. The first-order valence-electron chi connectivity index (χ1n) is 9.43. The minimum Gasteiger partial charge on any atom is -0.456 e. The van der Waals surface area contributed by atoms with Crippen molar-refractivity contribution in [1.29, 1.82) is 0 Å². The van der Waals surface area contributed by atoms with Crippen LogP contribution >= 0.6 is 11.6 Å². The van der Waals surface area contributed by atoms with E-state index in [4.69, 9.17) is 21.0 Å². The molecular formula is C25H15ClN2O. The van der Waals surface area contributed by atoms with Gasteiger partial charge in [0.05, 0.1) is 21.6 Å². The lowest BCUT2D eigenvalue weighted by Crippen LogP contribution is -1.94. The van der Waals surface area contributed by atoms with Gasteiger partial charge in [0, 0.05) is 10.9 Å². The van der Waals surface area contributed by atoms with E-state index in [0.29, 0.717) is 5.02 Å². The highest BCUT2D eigenvalue weighted by Gasteiger charge is 2.16. The van der Waals surface area contributed by atoms with E-state index in [1.54, 1.807) is 0 Å². The van der Waals surface area contributed by atoms with Crippen molar-refractivity contribution in [2.45, 2.75) is 0 Å². The predicted molar refractivity (Wildman–Crippen MR) is 119 cm³/mol. The van der Waals surface area contributed by atoms with Crippen LogP contribution in [0.15, 0.2) is 95.7 Å². The van der Waals surface area contributed by atoms with Crippen molar-refractivity contribution in [2.24, 2.45) is 0 Å². The molecule has 0 atom stereocenters. The maximum absolute atomic E-state index is 6.86. The average molecular weight is 395 g/mol. The molecule has 0 spiro atoms. The molecule has 0 N–H and O–H groups in total. The summed E-state index contributed by atoms with van der Waals surface area (Å²) in [6.07, 6.45) is 1.84. The number of halogens is 1. The quantitative estimate of drug-likeness (QED) is 0.310. The Hall–Kier alpha value is -3.56. The van der Waals surface area contributed by atoms with Gasteiger partial charge in [-0.2, -0.15) is 0 Å². The Bertz CT molecular complexity index is 1510. The Morgan fingerprint density at radius 2 is 1.59 bits per heavy atom. The topological polar surface area (TPSA) is 31.0 Å². The highest BCUT2D eigenvalue weighted by Crippen LogP contribution is 2.37. The number of benzene rings is 4. The molecule has 0 aliphatic carbocycles. The summed E-state index contributed by atoms with van der Waals surface area (Å²) >= 11 is 6.86. The largest absolute Gasteiger partial charge is 0.456 e. The third kappa shape index (κ3) is 2.41. The van der Waals surface area contributed by atoms with Crippen LogP contribution in [0.2, 0.25) is 5.02 Å². The van der Waals surface area contributed by atoms with E-state index in [9.17, 15) is 0 Å². The summed E-state index contributed by atoms with van der Waals surface area (Å²) in [5.74, 6) is 0. The third-order valence-electron chi connectivity index (χ3n) is 5.38. The molecule has 0 saturated carbocycles. The fourth-order valence-electron chi connectivity index (χ4n) is 4.03. The van der Waals surface area contributed by atoms with E-state index in [0.717, 1.165) is 49.8 Å².